The van der Waals surface area contributed by atoms with Crippen molar-refractivity contribution in [1.82, 2.24) is 15.5 Å². The van der Waals surface area contributed by atoms with Gasteiger partial charge in [-0.25, -0.2) is 0 Å². The summed E-state index contributed by atoms with van der Waals surface area (Å²) in [5.41, 5.74) is 1.18. The van der Waals surface area contributed by atoms with E-state index in [4.69, 9.17) is 9.73 Å². The Bertz CT molecular complexity index is 716. The quantitative estimate of drug-likeness (QED) is 0.405. The highest BCUT2D eigenvalue weighted by molar-refractivity contribution is 5.81. The summed E-state index contributed by atoms with van der Waals surface area (Å²) in [6.45, 7) is 8.97. The number of benzene rings is 1. The van der Waals surface area contributed by atoms with Gasteiger partial charge in [0.25, 0.3) is 0 Å². The van der Waals surface area contributed by atoms with E-state index in [-0.39, 0.29) is 11.5 Å². The summed E-state index contributed by atoms with van der Waals surface area (Å²) in [5.74, 6) is 1.43. The van der Waals surface area contributed by atoms with Gasteiger partial charge in [-0.15, -0.1) is 0 Å². The highest BCUT2D eigenvalue weighted by atomic mass is 16.5. The normalized spacial score (nSPS) is 21.1. The molecule has 6 nitrogen and oxygen atoms in total. The van der Waals surface area contributed by atoms with Crippen LogP contribution in [0.1, 0.15) is 64.4 Å². The summed E-state index contributed by atoms with van der Waals surface area (Å²) in [6, 6.07) is 10.4. The minimum Gasteiger partial charge on any atom is -0.373 e. The first-order valence-electron chi connectivity index (χ1n) is 12.6. The summed E-state index contributed by atoms with van der Waals surface area (Å²) in [4.78, 5) is 19.4. The standard InChI is InChI=1S/C26H42N4O2/c1-3-17-32-26(14-9-6-10-15-26)21-29-25(27-4-2)28-19-23-18-24(31)30(20-23)16-13-22-11-7-5-8-12-22/h5,7-8,11-12,23H,3-4,6,9-10,13-21H2,1-2H3,(H2,27,28,29). The van der Waals surface area contributed by atoms with Crippen LogP contribution in [0.2, 0.25) is 0 Å². The molecule has 178 valence electrons. The molecule has 2 N–H and O–H groups in total. The van der Waals surface area contributed by atoms with Gasteiger partial charge < -0.3 is 20.3 Å². The zero-order chi connectivity index (χ0) is 22.7. The monoisotopic (exact) mass is 442 g/mol. The molecule has 32 heavy (non-hydrogen) atoms. The molecule has 1 atom stereocenters. The van der Waals surface area contributed by atoms with E-state index < -0.39 is 0 Å². The molecule has 1 aliphatic heterocycles. The Morgan fingerprint density at radius 2 is 1.94 bits per heavy atom. The Morgan fingerprint density at radius 1 is 1.16 bits per heavy atom. The fourth-order valence-corrected chi connectivity index (χ4v) is 4.78. The molecule has 0 bridgehead atoms. The van der Waals surface area contributed by atoms with Crippen molar-refractivity contribution in [2.24, 2.45) is 10.9 Å². The van der Waals surface area contributed by atoms with Gasteiger partial charge >= 0.3 is 0 Å². The lowest BCUT2D eigenvalue weighted by atomic mass is 9.84. The Balaban J connectivity index is 1.49. The van der Waals surface area contributed by atoms with Gasteiger partial charge in [0.1, 0.15) is 0 Å². The first kappa shape index (κ1) is 24.6. The maximum atomic E-state index is 12.5. The third-order valence-electron chi connectivity index (χ3n) is 6.61. The summed E-state index contributed by atoms with van der Waals surface area (Å²) in [6.07, 6.45) is 8.53. The van der Waals surface area contributed by atoms with E-state index in [1.807, 2.05) is 11.0 Å². The number of likely N-dealkylation sites (tertiary alicyclic amines) is 1. The number of hydrogen-bond acceptors (Lipinski definition) is 3. The lowest BCUT2D eigenvalue weighted by molar-refractivity contribution is -0.127. The van der Waals surface area contributed by atoms with Crippen molar-refractivity contribution in [2.75, 3.05) is 39.3 Å². The maximum absolute atomic E-state index is 12.5. The number of aliphatic imine (C=N–C) groups is 1. The molecule has 0 aromatic heterocycles. The molecule has 1 aromatic rings. The van der Waals surface area contributed by atoms with E-state index in [0.717, 1.165) is 64.4 Å². The first-order valence-corrected chi connectivity index (χ1v) is 12.6. The van der Waals surface area contributed by atoms with Crippen molar-refractivity contribution in [3.63, 3.8) is 0 Å². The van der Waals surface area contributed by atoms with Crippen LogP contribution in [0.5, 0.6) is 0 Å². The Morgan fingerprint density at radius 3 is 2.66 bits per heavy atom. The zero-order valence-corrected chi connectivity index (χ0v) is 20.1. The number of nitrogens with one attached hydrogen (secondary N) is 2. The first-order chi connectivity index (χ1) is 15.6. The molecule has 1 aromatic carbocycles. The second kappa shape index (κ2) is 12.8. The van der Waals surface area contributed by atoms with Gasteiger partial charge in [0.15, 0.2) is 5.96 Å². The Labute approximate surface area is 194 Å². The smallest absolute Gasteiger partial charge is 0.223 e. The lowest BCUT2D eigenvalue weighted by Gasteiger charge is -2.36. The highest BCUT2D eigenvalue weighted by Crippen LogP contribution is 2.32. The topological polar surface area (TPSA) is 66.0 Å². The predicted molar refractivity (Wildman–Crippen MR) is 131 cm³/mol. The third-order valence-corrected chi connectivity index (χ3v) is 6.61. The number of carbonyl (C=O) groups excluding carboxylic acids is 1. The molecule has 3 rings (SSSR count). The number of nitrogens with zero attached hydrogens (tertiary/aromatic N) is 2. The molecular formula is C26H42N4O2. The van der Waals surface area contributed by atoms with E-state index in [2.05, 4.69) is 48.7 Å². The predicted octanol–water partition coefficient (Wildman–Crippen LogP) is 3.76. The average Bonchev–Trinajstić information content (AvgIpc) is 3.19. The largest absolute Gasteiger partial charge is 0.373 e. The molecule has 1 amide bonds. The fourth-order valence-electron chi connectivity index (χ4n) is 4.78. The molecule has 0 radical (unpaired) electrons. The van der Waals surface area contributed by atoms with Gasteiger partial charge in [-0.3, -0.25) is 9.79 Å². The van der Waals surface area contributed by atoms with Crippen LogP contribution in [0, 0.1) is 5.92 Å². The van der Waals surface area contributed by atoms with Gasteiger partial charge in [0.2, 0.25) is 5.91 Å². The number of guanidine groups is 1. The van der Waals surface area contributed by atoms with E-state index in [0.29, 0.717) is 18.9 Å². The second-order valence-corrected chi connectivity index (χ2v) is 9.31. The van der Waals surface area contributed by atoms with Crippen LogP contribution in [0.25, 0.3) is 0 Å². The van der Waals surface area contributed by atoms with Gasteiger partial charge in [0.05, 0.1) is 12.1 Å². The molecule has 1 heterocycles. The maximum Gasteiger partial charge on any atom is 0.223 e. The van der Waals surface area contributed by atoms with Crippen LogP contribution in [0.15, 0.2) is 35.3 Å². The summed E-state index contributed by atoms with van der Waals surface area (Å²) in [7, 11) is 0. The molecule has 1 saturated heterocycles. The number of carbonyl (C=O) groups is 1. The van der Waals surface area contributed by atoms with Crippen LogP contribution in [-0.2, 0) is 16.0 Å². The second-order valence-electron chi connectivity index (χ2n) is 9.31. The molecule has 0 spiro atoms. The Kier molecular flexibility index (Phi) is 9.85. The van der Waals surface area contributed by atoms with Crippen LogP contribution in [-0.4, -0.2) is 61.7 Å². The van der Waals surface area contributed by atoms with Crippen molar-refractivity contribution in [3.8, 4) is 0 Å². The van der Waals surface area contributed by atoms with Crippen LogP contribution in [0.4, 0.5) is 0 Å². The molecule has 1 aliphatic carbocycles. The van der Waals surface area contributed by atoms with Gasteiger partial charge in [-0.2, -0.15) is 0 Å². The molecular weight excluding hydrogens is 400 g/mol. The fraction of sp³-hybridized carbons (Fsp3) is 0.692. The summed E-state index contributed by atoms with van der Waals surface area (Å²) in [5, 5.41) is 6.87. The van der Waals surface area contributed by atoms with Crippen molar-refractivity contribution in [1.29, 1.82) is 0 Å². The summed E-state index contributed by atoms with van der Waals surface area (Å²) >= 11 is 0. The SMILES string of the molecule is CCCOC1(CN=C(NCC)NCC2CC(=O)N(CCc3ccccc3)C2)CCCCC1. The molecule has 2 aliphatic rings. The highest BCUT2D eigenvalue weighted by Gasteiger charge is 2.33. The van der Waals surface area contributed by atoms with Crippen molar-refractivity contribution >= 4 is 11.9 Å². The van der Waals surface area contributed by atoms with Crippen LogP contribution >= 0.6 is 0 Å². The number of ether oxygens (including phenoxy) is 1. The lowest BCUT2D eigenvalue weighted by Crippen LogP contribution is -2.43. The number of amides is 1. The third kappa shape index (κ3) is 7.51. The minimum atomic E-state index is -0.103. The Hall–Kier alpha value is -2.08. The van der Waals surface area contributed by atoms with E-state index in [9.17, 15) is 4.79 Å². The van der Waals surface area contributed by atoms with Gasteiger partial charge in [-0.1, -0.05) is 56.5 Å². The molecule has 6 heteroatoms. The molecule has 2 fully saturated rings. The van der Waals surface area contributed by atoms with Crippen molar-refractivity contribution in [2.45, 2.75) is 70.8 Å². The number of hydrogen-bond donors (Lipinski definition) is 2. The molecule has 1 unspecified atom stereocenters. The zero-order valence-electron chi connectivity index (χ0n) is 20.1. The van der Waals surface area contributed by atoms with E-state index in [1.54, 1.807) is 0 Å². The molecule has 1 saturated carbocycles. The number of rotatable bonds is 11. The van der Waals surface area contributed by atoms with E-state index >= 15 is 0 Å². The van der Waals surface area contributed by atoms with Crippen LogP contribution in [0.3, 0.4) is 0 Å². The van der Waals surface area contributed by atoms with E-state index in [1.165, 1.54) is 24.8 Å². The van der Waals surface area contributed by atoms with Gasteiger partial charge in [-0.05, 0) is 38.2 Å². The average molecular weight is 443 g/mol. The minimum absolute atomic E-state index is 0.103. The van der Waals surface area contributed by atoms with Crippen molar-refractivity contribution in [3.05, 3.63) is 35.9 Å². The van der Waals surface area contributed by atoms with Crippen molar-refractivity contribution < 1.29 is 9.53 Å². The van der Waals surface area contributed by atoms with Crippen LogP contribution < -0.4 is 10.6 Å². The van der Waals surface area contributed by atoms with Gasteiger partial charge in [0, 0.05) is 45.1 Å². The summed E-state index contributed by atoms with van der Waals surface area (Å²) < 4.78 is 6.30.